The quantitative estimate of drug-likeness (QED) is 0.764. The number of benzene rings is 2. The van der Waals surface area contributed by atoms with E-state index in [0.717, 1.165) is 16.5 Å². The summed E-state index contributed by atoms with van der Waals surface area (Å²) >= 11 is 1.43. The highest BCUT2D eigenvalue weighted by molar-refractivity contribution is 7.14. The third kappa shape index (κ3) is 2.44. The maximum absolute atomic E-state index is 12.4. The molecule has 5 heteroatoms. The van der Waals surface area contributed by atoms with Crippen LogP contribution in [0.4, 0.5) is 5.13 Å². The molecule has 1 saturated carbocycles. The molecule has 0 radical (unpaired) electrons. The lowest BCUT2D eigenvalue weighted by atomic mass is 10.1. The van der Waals surface area contributed by atoms with Gasteiger partial charge in [0.05, 0.1) is 11.3 Å². The number of phenolic OH excluding ortho intramolecular Hbond substituents is 1. The molecule has 0 atom stereocenters. The number of hydrogen-bond acceptors (Lipinski definition) is 4. The Hall–Kier alpha value is -2.40. The van der Waals surface area contributed by atoms with Crippen LogP contribution < -0.4 is 5.32 Å². The van der Waals surface area contributed by atoms with Gasteiger partial charge in [0.1, 0.15) is 5.75 Å². The van der Waals surface area contributed by atoms with Crippen LogP contribution in [0.25, 0.3) is 10.8 Å². The normalized spacial score (nSPS) is 14.2. The van der Waals surface area contributed by atoms with E-state index in [4.69, 9.17) is 0 Å². The zero-order chi connectivity index (χ0) is 15.1. The largest absolute Gasteiger partial charge is 0.507 e. The van der Waals surface area contributed by atoms with Gasteiger partial charge in [0.25, 0.3) is 5.91 Å². The minimum atomic E-state index is -0.333. The number of carbonyl (C=O) groups is 1. The van der Waals surface area contributed by atoms with Gasteiger partial charge in [-0.2, -0.15) is 0 Å². The Bertz CT molecular complexity index is 868. The number of aromatic nitrogens is 1. The number of thiazole rings is 1. The Labute approximate surface area is 131 Å². The van der Waals surface area contributed by atoms with E-state index in [1.54, 1.807) is 12.1 Å². The second kappa shape index (κ2) is 5.10. The summed E-state index contributed by atoms with van der Waals surface area (Å²) in [6.07, 6.45) is 2.37. The molecule has 1 fully saturated rings. The molecule has 22 heavy (non-hydrogen) atoms. The van der Waals surface area contributed by atoms with E-state index in [9.17, 15) is 9.90 Å². The number of anilines is 1. The minimum absolute atomic E-state index is 0.0184. The van der Waals surface area contributed by atoms with E-state index in [1.807, 2.05) is 29.6 Å². The van der Waals surface area contributed by atoms with Crippen LogP contribution in [0.1, 0.15) is 34.8 Å². The molecule has 3 aromatic rings. The smallest absolute Gasteiger partial charge is 0.261 e. The summed E-state index contributed by atoms with van der Waals surface area (Å²) in [6, 6.07) is 10.9. The maximum atomic E-state index is 12.4. The van der Waals surface area contributed by atoms with Crippen LogP contribution in [0.2, 0.25) is 0 Å². The summed E-state index contributed by atoms with van der Waals surface area (Å²) in [5, 5.41) is 17.3. The summed E-state index contributed by atoms with van der Waals surface area (Å²) in [5.74, 6) is 0.214. The fraction of sp³-hybridized carbons (Fsp3) is 0.176. The van der Waals surface area contributed by atoms with Gasteiger partial charge in [-0.25, -0.2) is 4.98 Å². The highest BCUT2D eigenvalue weighted by Gasteiger charge is 2.26. The molecule has 4 nitrogen and oxygen atoms in total. The lowest BCUT2D eigenvalue weighted by Gasteiger charge is -2.06. The van der Waals surface area contributed by atoms with E-state index >= 15 is 0 Å². The van der Waals surface area contributed by atoms with Crippen molar-refractivity contribution < 1.29 is 9.90 Å². The number of nitrogens with one attached hydrogen (secondary N) is 1. The van der Waals surface area contributed by atoms with Crippen LogP contribution in [0.5, 0.6) is 5.75 Å². The molecular formula is C17H14N2O2S. The minimum Gasteiger partial charge on any atom is -0.507 e. The first-order chi connectivity index (χ1) is 10.7. The number of amides is 1. The molecule has 4 rings (SSSR count). The van der Waals surface area contributed by atoms with Crippen LogP contribution in [0, 0.1) is 0 Å². The van der Waals surface area contributed by atoms with E-state index in [2.05, 4.69) is 10.3 Å². The zero-order valence-corrected chi connectivity index (χ0v) is 12.6. The van der Waals surface area contributed by atoms with Crippen molar-refractivity contribution in [3.63, 3.8) is 0 Å². The third-order valence-electron chi connectivity index (χ3n) is 3.85. The van der Waals surface area contributed by atoms with Crippen LogP contribution in [-0.2, 0) is 0 Å². The first-order valence-electron chi connectivity index (χ1n) is 7.19. The van der Waals surface area contributed by atoms with Gasteiger partial charge >= 0.3 is 0 Å². The molecule has 1 heterocycles. The average Bonchev–Trinajstić information content (AvgIpc) is 3.27. The van der Waals surface area contributed by atoms with Crippen molar-refractivity contribution in [3.05, 3.63) is 53.0 Å². The molecule has 1 amide bonds. The number of nitrogens with zero attached hydrogens (tertiary/aromatic N) is 1. The molecule has 2 N–H and O–H groups in total. The summed E-state index contributed by atoms with van der Waals surface area (Å²) in [7, 11) is 0. The van der Waals surface area contributed by atoms with Gasteiger partial charge in [-0.05, 0) is 35.7 Å². The molecular weight excluding hydrogens is 296 g/mol. The van der Waals surface area contributed by atoms with E-state index in [1.165, 1.54) is 24.2 Å². The average molecular weight is 310 g/mol. The molecule has 0 bridgehead atoms. The number of fused-ring (bicyclic) bond motifs is 1. The van der Waals surface area contributed by atoms with Crippen LogP contribution in [-0.4, -0.2) is 16.0 Å². The lowest BCUT2D eigenvalue weighted by molar-refractivity contribution is 0.102. The van der Waals surface area contributed by atoms with Gasteiger partial charge in [0, 0.05) is 11.3 Å². The highest BCUT2D eigenvalue weighted by atomic mass is 32.1. The van der Waals surface area contributed by atoms with E-state index in [-0.39, 0.29) is 17.2 Å². The molecule has 2 aromatic carbocycles. The van der Waals surface area contributed by atoms with Gasteiger partial charge in [0.15, 0.2) is 5.13 Å². The van der Waals surface area contributed by atoms with E-state index < -0.39 is 0 Å². The molecule has 0 unspecified atom stereocenters. The summed E-state index contributed by atoms with van der Waals surface area (Å²) in [6.45, 7) is 0. The summed E-state index contributed by atoms with van der Waals surface area (Å²) < 4.78 is 0. The third-order valence-corrected chi connectivity index (χ3v) is 4.62. The monoisotopic (exact) mass is 310 g/mol. The van der Waals surface area contributed by atoms with Gasteiger partial charge < -0.3 is 5.11 Å². The topological polar surface area (TPSA) is 62.2 Å². The first kappa shape index (κ1) is 13.3. The number of aromatic hydroxyl groups is 1. The van der Waals surface area contributed by atoms with E-state index in [0.29, 0.717) is 11.0 Å². The Morgan fingerprint density at radius 2 is 1.95 bits per heavy atom. The summed E-state index contributed by atoms with van der Waals surface area (Å²) in [5.41, 5.74) is 1.32. The predicted octanol–water partition coefficient (Wildman–Crippen LogP) is 4.13. The van der Waals surface area contributed by atoms with Crippen molar-refractivity contribution in [1.29, 1.82) is 0 Å². The standard InChI is InChI=1S/C17H14N2O2S/c20-15-8-12-4-2-1-3-11(12)7-13(15)16(21)19-17-18-14(9-22-17)10-5-6-10/h1-4,7-10,20H,5-6H2,(H,18,19,21). The van der Waals surface area contributed by atoms with Crippen LogP contribution >= 0.6 is 11.3 Å². The first-order valence-corrected chi connectivity index (χ1v) is 8.07. The SMILES string of the molecule is O=C(Nc1nc(C2CC2)cs1)c1cc2ccccc2cc1O. The number of rotatable bonds is 3. The van der Waals surface area contributed by atoms with Crippen molar-refractivity contribution in [2.75, 3.05) is 5.32 Å². The fourth-order valence-electron chi connectivity index (χ4n) is 2.48. The lowest BCUT2D eigenvalue weighted by Crippen LogP contribution is -2.12. The maximum Gasteiger partial charge on any atom is 0.261 e. The highest BCUT2D eigenvalue weighted by Crippen LogP contribution is 2.41. The molecule has 0 spiro atoms. The van der Waals surface area contributed by atoms with Gasteiger partial charge in [-0.15, -0.1) is 11.3 Å². The van der Waals surface area contributed by atoms with Gasteiger partial charge in [-0.1, -0.05) is 24.3 Å². The Balaban J connectivity index is 1.62. The second-order valence-corrected chi connectivity index (χ2v) is 6.38. The zero-order valence-electron chi connectivity index (χ0n) is 11.7. The molecule has 1 aliphatic carbocycles. The van der Waals surface area contributed by atoms with Crippen LogP contribution in [0.15, 0.2) is 41.8 Å². The molecule has 1 aromatic heterocycles. The summed E-state index contributed by atoms with van der Waals surface area (Å²) in [4.78, 5) is 16.8. The van der Waals surface area contributed by atoms with Gasteiger partial charge in [0.2, 0.25) is 0 Å². The van der Waals surface area contributed by atoms with Gasteiger partial charge in [-0.3, -0.25) is 10.1 Å². The fourth-order valence-corrected chi connectivity index (χ4v) is 3.27. The van der Waals surface area contributed by atoms with Crippen LogP contribution in [0.3, 0.4) is 0 Å². The van der Waals surface area contributed by atoms with Crippen molar-refractivity contribution in [2.24, 2.45) is 0 Å². The van der Waals surface area contributed by atoms with Crippen molar-refractivity contribution in [2.45, 2.75) is 18.8 Å². The Kier molecular flexibility index (Phi) is 3.08. The van der Waals surface area contributed by atoms with Crippen molar-refractivity contribution in [1.82, 2.24) is 4.98 Å². The van der Waals surface area contributed by atoms with Crippen molar-refractivity contribution >= 4 is 33.1 Å². The molecule has 1 aliphatic rings. The number of carbonyl (C=O) groups excluding carboxylic acids is 1. The molecule has 0 aliphatic heterocycles. The second-order valence-electron chi connectivity index (χ2n) is 5.52. The Morgan fingerprint density at radius 3 is 2.68 bits per heavy atom. The number of phenols is 1. The number of hydrogen-bond donors (Lipinski definition) is 2. The van der Waals surface area contributed by atoms with Crippen molar-refractivity contribution in [3.8, 4) is 5.75 Å². The predicted molar refractivity (Wildman–Crippen MR) is 87.7 cm³/mol. The molecule has 110 valence electrons. The Morgan fingerprint density at radius 1 is 1.23 bits per heavy atom. The molecule has 0 saturated heterocycles.